The molecule has 0 radical (unpaired) electrons. The number of amides is 1. The molecule has 0 fully saturated rings. The van der Waals surface area contributed by atoms with E-state index in [2.05, 4.69) is 11.9 Å². The van der Waals surface area contributed by atoms with Crippen molar-refractivity contribution in [3.63, 3.8) is 0 Å². The number of carbonyl (C=O) groups is 1. The van der Waals surface area contributed by atoms with Gasteiger partial charge in [-0.3, -0.25) is 4.79 Å². The molecule has 110 valence electrons. The van der Waals surface area contributed by atoms with Gasteiger partial charge in [-0.2, -0.15) is 4.31 Å². The maximum atomic E-state index is 11.8. The molecule has 1 N–H and O–H groups in total. The van der Waals surface area contributed by atoms with Crippen molar-refractivity contribution in [2.24, 2.45) is 0 Å². The van der Waals surface area contributed by atoms with Crippen LogP contribution in [0.15, 0.2) is 30.9 Å². The Labute approximate surface area is 128 Å². The van der Waals surface area contributed by atoms with Crippen LogP contribution in [0.5, 0.6) is 0 Å². The number of halogens is 2. The summed E-state index contributed by atoms with van der Waals surface area (Å²) in [5.74, 6) is -0.490. The summed E-state index contributed by atoms with van der Waals surface area (Å²) < 4.78 is 23.9. The third-order valence-electron chi connectivity index (χ3n) is 2.27. The van der Waals surface area contributed by atoms with Crippen molar-refractivity contribution in [2.45, 2.75) is 0 Å². The maximum Gasteiger partial charge on any atom is 0.239 e. The first-order chi connectivity index (χ1) is 9.22. The fourth-order valence-corrected chi connectivity index (χ4v) is 2.70. The molecule has 0 atom stereocenters. The Hall–Kier alpha value is -1.08. The van der Waals surface area contributed by atoms with E-state index in [4.69, 9.17) is 23.2 Å². The van der Waals surface area contributed by atoms with Crippen molar-refractivity contribution in [1.29, 1.82) is 0 Å². The highest BCUT2D eigenvalue weighted by atomic mass is 35.5. The molecule has 1 aromatic carbocycles. The Morgan fingerprint density at radius 1 is 1.35 bits per heavy atom. The van der Waals surface area contributed by atoms with Crippen molar-refractivity contribution in [2.75, 3.05) is 24.7 Å². The van der Waals surface area contributed by atoms with E-state index >= 15 is 0 Å². The minimum absolute atomic E-state index is 0.0581. The largest absolute Gasteiger partial charge is 0.325 e. The van der Waals surface area contributed by atoms with Gasteiger partial charge in [0, 0.05) is 22.3 Å². The topological polar surface area (TPSA) is 66.5 Å². The average Bonchev–Trinajstić information content (AvgIpc) is 2.25. The minimum Gasteiger partial charge on any atom is -0.325 e. The van der Waals surface area contributed by atoms with Crippen LogP contribution in [0.4, 0.5) is 5.69 Å². The van der Waals surface area contributed by atoms with Crippen molar-refractivity contribution >= 4 is 44.8 Å². The zero-order valence-corrected chi connectivity index (χ0v) is 13.1. The van der Waals surface area contributed by atoms with E-state index in [1.807, 2.05) is 0 Å². The van der Waals surface area contributed by atoms with Crippen LogP contribution < -0.4 is 5.32 Å². The molecule has 0 spiro atoms. The summed E-state index contributed by atoms with van der Waals surface area (Å²) in [6.07, 6.45) is 2.44. The number of anilines is 1. The zero-order valence-electron chi connectivity index (χ0n) is 10.8. The molecule has 0 aliphatic rings. The smallest absolute Gasteiger partial charge is 0.239 e. The number of rotatable bonds is 6. The lowest BCUT2D eigenvalue weighted by Crippen LogP contribution is -2.37. The van der Waals surface area contributed by atoms with E-state index in [0.29, 0.717) is 15.7 Å². The van der Waals surface area contributed by atoms with Gasteiger partial charge in [-0.05, 0) is 18.2 Å². The molecule has 0 aliphatic heterocycles. The lowest BCUT2D eigenvalue weighted by molar-refractivity contribution is -0.116. The van der Waals surface area contributed by atoms with Gasteiger partial charge in [-0.1, -0.05) is 29.3 Å². The molecule has 0 aliphatic carbocycles. The van der Waals surface area contributed by atoms with Crippen LogP contribution in [0.25, 0.3) is 0 Å². The number of hydrogen-bond donors (Lipinski definition) is 1. The summed E-state index contributed by atoms with van der Waals surface area (Å²) in [5, 5.41) is 3.28. The van der Waals surface area contributed by atoms with Crippen molar-refractivity contribution in [3.8, 4) is 0 Å². The number of nitrogens with zero attached hydrogens (tertiary/aromatic N) is 1. The predicted octanol–water partition coefficient (Wildman–Crippen LogP) is 2.38. The summed E-state index contributed by atoms with van der Waals surface area (Å²) in [6, 6.07) is 4.56. The summed E-state index contributed by atoms with van der Waals surface area (Å²) in [4.78, 5) is 11.8. The standard InChI is InChI=1S/C12H14Cl2N2O3S/c1-3-4-16(20(2,18)19)8-12(17)15-11-6-9(13)5-10(14)7-11/h3,5-7H,1,4,8H2,2H3,(H,15,17). The Bertz CT molecular complexity index is 597. The molecule has 0 unspecified atom stereocenters. The molecule has 8 heteroatoms. The van der Waals surface area contributed by atoms with Gasteiger partial charge in [0.15, 0.2) is 0 Å². The first-order valence-electron chi connectivity index (χ1n) is 5.54. The van der Waals surface area contributed by atoms with Crippen LogP contribution in [0, 0.1) is 0 Å². The third kappa shape index (κ3) is 5.50. The normalized spacial score (nSPS) is 11.4. The highest BCUT2D eigenvalue weighted by molar-refractivity contribution is 7.88. The van der Waals surface area contributed by atoms with E-state index in [1.54, 1.807) is 0 Å². The molecule has 0 saturated heterocycles. The SMILES string of the molecule is C=CCN(CC(=O)Nc1cc(Cl)cc(Cl)c1)S(C)(=O)=O. The summed E-state index contributed by atoms with van der Waals surface area (Å²) in [5.41, 5.74) is 0.402. The molecule has 0 heterocycles. The quantitative estimate of drug-likeness (QED) is 0.811. The molecule has 20 heavy (non-hydrogen) atoms. The second-order valence-corrected chi connectivity index (χ2v) is 6.91. The molecular formula is C12H14Cl2N2O3S. The van der Waals surface area contributed by atoms with Gasteiger partial charge >= 0.3 is 0 Å². The van der Waals surface area contributed by atoms with E-state index < -0.39 is 15.9 Å². The van der Waals surface area contributed by atoms with Crippen LogP contribution >= 0.6 is 23.2 Å². The molecular weight excluding hydrogens is 323 g/mol. The van der Waals surface area contributed by atoms with Crippen LogP contribution in [-0.4, -0.2) is 38.0 Å². The number of sulfonamides is 1. The van der Waals surface area contributed by atoms with Crippen molar-refractivity contribution in [1.82, 2.24) is 4.31 Å². The zero-order chi connectivity index (χ0) is 15.3. The fourth-order valence-electron chi connectivity index (χ4n) is 1.45. The molecule has 1 amide bonds. The maximum absolute atomic E-state index is 11.8. The predicted molar refractivity (Wildman–Crippen MR) is 81.7 cm³/mol. The van der Waals surface area contributed by atoms with Gasteiger partial charge in [0.05, 0.1) is 12.8 Å². The molecule has 0 bridgehead atoms. The van der Waals surface area contributed by atoms with E-state index in [0.717, 1.165) is 10.6 Å². The Morgan fingerprint density at radius 2 is 1.90 bits per heavy atom. The highest BCUT2D eigenvalue weighted by Crippen LogP contribution is 2.22. The van der Waals surface area contributed by atoms with Gasteiger partial charge < -0.3 is 5.32 Å². The molecule has 1 rings (SSSR count). The van der Waals surface area contributed by atoms with Crippen LogP contribution in [0.1, 0.15) is 0 Å². The number of hydrogen-bond acceptors (Lipinski definition) is 3. The van der Waals surface area contributed by atoms with Crippen LogP contribution in [-0.2, 0) is 14.8 Å². The third-order valence-corrected chi connectivity index (χ3v) is 3.92. The summed E-state index contributed by atoms with van der Waals surface area (Å²) in [6.45, 7) is 3.20. The second kappa shape index (κ2) is 7.08. The van der Waals surface area contributed by atoms with Gasteiger partial charge in [-0.15, -0.1) is 6.58 Å². The highest BCUT2D eigenvalue weighted by Gasteiger charge is 2.18. The monoisotopic (exact) mass is 336 g/mol. The van der Waals surface area contributed by atoms with Gasteiger partial charge in [-0.25, -0.2) is 8.42 Å². The van der Waals surface area contributed by atoms with E-state index in [-0.39, 0.29) is 13.1 Å². The van der Waals surface area contributed by atoms with Gasteiger partial charge in [0.1, 0.15) is 0 Å². The Morgan fingerprint density at radius 3 is 2.35 bits per heavy atom. The lowest BCUT2D eigenvalue weighted by Gasteiger charge is -2.17. The summed E-state index contributed by atoms with van der Waals surface area (Å²) >= 11 is 11.6. The van der Waals surface area contributed by atoms with Crippen molar-refractivity contribution < 1.29 is 13.2 Å². The number of nitrogens with one attached hydrogen (secondary N) is 1. The molecule has 0 saturated carbocycles. The van der Waals surface area contributed by atoms with E-state index in [1.165, 1.54) is 24.3 Å². The second-order valence-electron chi connectivity index (χ2n) is 4.05. The lowest BCUT2D eigenvalue weighted by atomic mass is 10.3. The first kappa shape index (κ1) is 17.0. The summed E-state index contributed by atoms with van der Waals surface area (Å²) in [7, 11) is -3.48. The average molecular weight is 337 g/mol. The molecule has 0 aromatic heterocycles. The van der Waals surface area contributed by atoms with Gasteiger partial charge in [0.25, 0.3) is 0 Å². The first-order valence-corrected chi connectivity index (χ1v) is 8.15. The van der Waals surface area contributed by atoms with Crippen LogP contribution in [0.2, 0.25) is 10.0 Å². The fraction of sp³-hybridized carbons (Fsp3) is 0.250. The van der Waals surface area contributed by atoms with Crippen LogP contribution in [0.3, 0.4) is 0 Å². The molecule has 1 aromatic rings. The number of benzene rings is 1. The Kier molecular flexibility index (Phi) is 6.01. The minimum atomic E-state index is -3.48. The Balaban J connectivity index is 2.78. The van der Waals surface area contributed by atoms with Gasteiger partial charge in [0.2, 0.25) is 15.9 Å². The van der Waals surface area contributed by atoms with Crippen molar-refractivity contribution in [3.05, 3.63) is 40.9 Å². The number of carbonyl (C=O) groups excluding carboxylic acids is 1. The molecule has 5 nitrogen and oxygen atoms in total. The van der Waals surface area contributed by atoms with E-state index in [9.17, 15) is 13.2 Å².